The van der Waals surface area contributed by atoms with E-state index in [0.717, 1.165) is 0 Å². The SMILES string of the molecule is CN(C)C(=O)CC1(O)CCC2(CCN(c3ccc(OC(F)(F)F)cc3)C2=O)CC1. The Balaban J connectivity index is 1.65. The maximum Gasteiger partial charge on any atom is 0.573 e. The van der Waals surface area contributed by atoms with Gasteiger partial charge in [-0.1, -0.05) is 0 Å². The molecule has 1 aliphatic carbocycles. The van der Waals surface area contributed by atoms with Gasteiger partial charge in [0, 0.05) is 26.3 Å². The van der Waals surface area contributed by atoms with E-state index in [-0.39, 0.29) is 24.0 Å². The van der Waals surface area contributed by atoms with Crippen LogP contribution in [0.5, 0.6) is 5.75 Å². The van der Waals surface area contributed by atoms with Gasteiger partial charge >= 0.3 is 6.36 Å². The number of carbonyl (C=O) groups is 2. The molecule has 0 unspecified atom stereocenters. The lowest BCUT2D eigenvalue weighted by Crippen LogP contribution is -2.45. The molecule has 1 aromatic carbocycles. The third-order valence-electron chi connectivity index (χ3n) is 6.01. The van der Waals surface area contributed by atoms with E-state index in [1.807, 2.05) is 0 Å². The maximum absolute atomic E-state index is 13.1. The van der Waals surface area contributed by atoms with Crippen LogP contribution in [0.1, 0.15) is 38.5 Å². The summed E-state index contributed by atoms with van der Waals surface area (Å²) in [7, 11) is 3.28. The second kappa shape index (κ2) is 7.51. The molecule has 1 spiro atoms. The third-order valence-corrected chi connectivity index (χ3v) is 6.01. The summed E-state index contributed by atoms with van der Waals surface area (Å²) in [6.45, 7) is 0.466. The summed E-state index contributed by atoms with van der Waals surface area (Å²) >= 11 is 0. The van der Waals surface area contributed by atoms with Crippen LogP contribution in [-0.2, 0) is 9.59 Å². The number of nitrogens with zero attached hydrogens (tertiary/aromatic N) is 2. The number of carbonyl (C=O) groups excluding carboxylic acids is 2. The Kier molecular flexibility index (Phi) is 5.55. The predicted molar refractivity (Wildman–Crippen MR) is 99.3 cm³/mol. The number of benzene rings is 1. The van der Waals surface area contributed by atoms with Gasteiger partial charge in [0.1, 0.15) is 5.75 Å². The molecule has 1 aliphatic heterocycles. The Morgan fingerprint density at radius 1 is 1.14 bits per heavy atom. The Hall–Kier alpha value is -2.29. The van der Waals surface area contributed by atoms with Crippen LogP contribution in [-0.4, -0.2) is 54.4 Å². The van der Waals surface area contributed by atoms with E-state index in [2.05, 4.69) is 4.74 Å². The van der Waals surface area contributed by atoms with Crippen LogP contribution in [0.4, 0.5) is 18.9 Å². The average Bonchev–Trinajstić information content (AvgIpc) is 2.94. The van der Waals surface area contributed by atoms with E-state index >= 15 is 0 Å². The molecule has 0 bridgehead atoms. The van der Waals surface area contributed by atoms with Gasteiger partial charge in [-0.25, -0.2) is 0 Å². The first-order valence-corrected chi connectivity index (χ1v) is 9.53. The molecule has 2 aliphatic rings. The fraction of sp³-hybridized carbons (Fsp3) is 0.600. The number of ether oxygens (including phenoxy) is 1. The Labute approximate surface area is 167 Å². The van der Waals surface area contributed by atoms with E-state index in [9.17, 15) is 27.9 Å². The van der Waals surface area contributed by atoms with Crippen molar-refractivity contribution in [1.29, 1.82) is 0 Å². The van der Waals surface area contributed by atoms with Gasteiger partial charge in [-0.15, -0.1) is 13.2 Å². The fourth-order valence-electron chi connectivity index (χ4n) is 4.17. The summed E-state index contributed by atoms with van der Waals surface area (Å²) in [4.78, 5) is 28.1. The van der Waals surface area contributed by atoms with E-state index in [1.165, 1.54) is 29.2 Å². The topological polar surface area (TPSA) is 70.1 Å². The molecule has 0 radical (unpaired) electrons. The van der Waals surface area contributed by atoms with E-state index in [1.54, 1.807) is 19.0 Å². The van der Waals surface area contributed by atoms with Crippen LogP contribution in [0, 0.1) is 5.41 Å². The van der Waals surface area contributed by atoms with Gasteiger partial charge in [0.2, 0.25) is 11.8 Å². The standard InChI is InChI=1S/C20H25F3N2O4/c1-24(2)16(26)13-19(28)9-7-18(8-10-19)11-12-25(17(18)27)14-3-5-15(6-4-14)29-20(21,22)23/h3-6,28H,7-13H2,1-2H3. The van der Waals surface area contributed by atoms with Gasteiger partial charge in [0.15, 0.2) is 0 Å². The molecule has 1 saturated heterocycles. The summed E-state index contributed by atoms with van der Waals surface area (Å²) in [6, 6.07) is 5.25. The minimum Gasteiger partial charge on any atom is -0.406 e. The van der Waals surface area contributed by atoms with Crippen LogP contribution >= 0.6 is 0 Å². The minimum absolute atomic E-state index is 0.0364. The molecule has 1 N–H and O–H groups in total. The second-order valence-electron chi connectivity index (χ2n) is 8.22. The molecule has 1 saturated carbocycles. The molecule has 29 heavy (non-hydrogen) atoms. The number of hydrogen-bond acceptors (Lipinski definition) is 4. The molecule has 1 heterocycles. The van der Waals surface area contributed by atoms with Crippen molar-refractivity contribution in [2.75, 3.05) is 25.5 Å². The molecule has 1 aromatic rings. The van der Waals surface area contributed by atoms with Crippen LogP contribution in [0.2, 0.25) is 0 Å². The van der Waals surface area contributed by atoms with Crippen molar-refractivity contribution in [2.24, 2.45) is 5.41 Å². The monoisotopic (exact) mass is 414 g/mol. The first kappa shape index (κ1) is 21.4. The highest BCUT2D eigenvalue weighted by atomic mass is 19.4. The summed E-state index contributed by atoms with van der Waals surface area (Å²) in [6.07, 6.45) is -2.42. The number of alkyl halides is 3. The summed E-state index contributed by atoms with van der Waals surface area (Å²) in [5.41, 5.74) is -1.17. The van der Waals surface area contributed by atoms with E-state index < -0.39 is 17.4 Å². The van der Waals surface area contributed by atoms with Crippen molar-refractivity contribution in [3.05, 3.63) is 24.3 Å². The van der Waals surface area contributed by atoms with Gasteiger partial charge in [-0.05, 0) is 56.4 Å². The molecular formula is C20H25F3N2O4. The highest BCUT2D eigenvalue weighted by molar-refractivity contribution is 6.00. The van der Waals surface area contributed by atoms with Gasteiger partial charge in [0.25, 0.3) is 0 Å². The van der Waals surface area contributed by atoms with E-state index in [0.29, 0.717) is 44.3 Å². The molecule has 3 rings (SSSR count). The number of anilines is 1. The van der Waals surface area contributed by atoms with Gasteiger partial charge in [0.05, 0.1) is 17.4 Å². The zero-order valence-electron chi connectivity index (χ0n) is 16.5. The number of hydrogen-bond donors (Lipinski definition) is 1. The molecule has 9 heteroatoms. The predicted octanol–water partition coefficient (Wildman–Crippen LogP) is 3.09. The lowest BCUT2D eigenvalue weighted by Gasteiger charge is -2.41. The highest BCUT2D eigenvalue weighted by Gasteiger charge is 2.52. The highest BCUT2D eigenvalue weighted by Crippen LogP contribution is 2.49. The lowest BCUT2D eigenvalue weighted by atomic mass is 9.67. The summed E-state index contributed by atoms with van der Waals surface area (Å²) < 4.78 is 40.8. The molecule has 0 atom stereocenters. The zero-order chi connectivity index (χ0) is 21.4. The molecule has 6 nitrogen and oxygen atoms in total. The smallest absolute Gasteiger partial charge is 0.406 e. The van der Waals surface area contributed by atoms with E-state index in [4.69, 9.17) is 0 Å². The number of halogens is 3. The largest absolute Gasteiger partial charge is 0.573 e. The van der Waals surface area contributed by atoms with Crippen LogP contribution in [0.25, 0.3) is 0 Å². The first-order chi connectivity index (χ1) is 13.4. The van der Waals surface area contributed by atoms with Gasteiger partial charge in [-0.3, -0.25) is 9.59 Å². The Morgan fingerprint density at radius 2 is 1.72 bits per heavy atom. The maximum atomic E-state index is 13.1. The Morgan fingerprint density at radius 3 is 2.24 bits per heavy atom. The third kappa shape index (κ3) is 4.66. The van der Waals surface area contributed by atoms with Crippen molar-refractivity contribution in [2.45, 2.75) is 50.5 Å². The minimum atomic E-state index is -4.76. The zero-order valence-corrected chi connectivity index (χ0v) is 16.5. The van der Waals surface area contributed by atoms with Crippen molar-refractivity contribution in [1.82, 2.24) is 4.90 Å². The normalized spacial score (nSPS) is 27.4. The molecule has 160 valence electrons. The second-order valence-corrected chi connectivity index (χ2v) is 8.22. The van der Waals surface area contributed by atoms with Crippen molar-refractivity contribution < 1.29 is 32.6 Å². The van der Waals surface area contributed by atoms with Crippen LogP contribution in [0.15, 0.2) is 24.3 Å². The number of amides is 2. The lowest BCUT2D eigenvalue weighted by molar-refractivity contribution is -0.274. The fourth-order valence-corrected chi connectivity index (χ4v) is 4.17. The van der Waals surface area contributed by atoms with Gasteiger partial charge in [-0.2, -0.15) is 0 Å². The van der Waals surface area contributed by atoms with Crippen molar-refractivity contribution in [3.8, 4) is 5.75 Å². The average molecular weight is 414 g/mol. The molecular weight excluding hydrogens is 389 g/mol. The summed E-state index contributed by atoms with van der Waals surface area (Å²) in [5.74, 6) is -0.567. The molecule has 2 fully saturated rings. The van der Waals surface area contributed by atoms with Gasteiger partial charge < -0.3 is 19.6 Å². The first-order valence-electron chi connectivity index (χ1n) is 9.53. The molecule has 2 amide bonds. The summed E-state index contributed by atoms with van der Waals surface area (Å²) in [5, 5.41) is 10.7. The molecule has 0 aromatic heterocycles. The Bertz CT molecular complexity index is 769. The van der Waals surface area contributed by atoms with Crippen LogP contribution in [0.3, 0.4) is 0 Å². The quantitative estimate of drug-likeness (QED) is 0.822. The number of aliphatic hydroxyl groups is 1. The number of rotatable bonds is 4. The van der Waals surface area contributed by atoms with Crippen molar-refractivity contribution in [3.63, 3.8) is 0 Å². The van der Waals surface area contributed by atoms with Crippen molar-refractivity contribution >= 4 is 17.5 Å². The van der Waals surface area contributed by atoms with Crippen LogP contribution < -0.4 is 9.64 Å².